The van der Waals surface area contributed by atoms with Crippen LogP contribution in [0.15, 0.2) is 36.4 Å². The molecule has 0 aliphatic carbocycles. The topological polar surface area (TPSA) is 112 Å². The van der Waals surface area contributed by atoms with Crippen LogP contribution < -0.4 is 14.2 Å². The maximum Gasteiger partial charge on any atom is 0.321 e. The average Bonchev–Trinajstić information content (AvgIpc) is 2.69. The molecule has 0 amide bonds. The molecule has 0 aliphatic heterocycles. The van der Waals surface area contributed by atoms with Crippen LogP contribution in [0.3, 0.4) is 0 Å². The Bertz CT molecular complexity index is 910. The van der Waals surface area contributed by atoms with Crippen molar-refractivity contribution >= 4 is 23.4 Å². The summed E-state index contributed by atoms with van der Waals surface area (Å²) in [6, 6.07) is 11.2. The lowest BCUT2D eigenvalue weighted by atomic mass is 10.2. The molecule has 0 atom stereocenters. The van der Waals surface area contributed by atoms with E-state index in [2.05, 4.69) is 0 Å². The van der Waals surface area contributed by atoms with Crippen molar-refractivity contribution in [1.82, 2.24) is 0 Å². The lowest BCUT2D eigenvalue weighted by Crippen LogP contribution is -2.12. The van der Waals surface area contributed by atoms with Gasteiger partial charge in [0.2, 0.25) is 0 Å². The van der Waals surface area contributed by atoms with Gasteiger partial charge in [-0.3, -0.25) is 14.9 Å². The van der Waals surface area contributed by atoms with Crippen molar-refractivity contribution in [3.05, 3.63) is 57.6 Å². The Kier molecular flexibility index (Phi) is 7.65. The summed E-state index contributed by atoms with van der Waals surface area (Å²) in [6.07, 6.45) is 0. The van der Waals surface area contributed by atoms with Gasteiger partial charge in [-0.15, -0.1) is 11.8 Å². The number of nitro benzene ring substituents is 1. The number of carbonyl (C=O) groups is 1. The van der Waals surface area contributed by atoms with Gasteiger partial charge in [-0.05, 0) is 30.7 Å². The van der Waals surface area contributed by atoms with Gasteiger partial charge in [-0.1, -0.05) is 6.07 Å². The zero-order valence-electron chi connectivity index (χ0n) is 15.3. The van der Waals surface area contributed by atoms with Crippen molar-refractivity contribution in [1.29, 1.82) is 5.26 Å². The molecule has 9 heteroatoms. The van der Waals surface area contributed by atoms with Crippen LogP contribution in [0.25, 0.3) is 0 Å². The molecule has 0 aliphatic rings. The summed E-state index contributed by atoms with van der Waals surface area (Å²) in [4.78, 5) is 22.6. The van der Waals surface area contributed by atoms with E-state index in [1.807, 2.05) is 6.07 Å². The largest absolute Gasteiger partial charge is 0.490 e. The fourth-order valence-electron chi connectivity index (χ4n) is 2.30. The number of carbonyl (C=O) groups excluding carboxylic acids is 1. The first kappa shape index (κ1) is 21.1. The Morgan fingerprint density at radius 2 is 1.96 bits per heavy atom. The third-order valence-corrected chi connectivity index (χ3v) is 4.50. The standard InChI is InChI=1S/C19H18N2O6S/c1-3-26-18-9-13(10-20)4-7-17(18)27-19(22)12-28-11-14-5-6-16(25-2)15(8-14)21(23)24/h4-9H,3,11-12H2,1-2H3. The first-order valence-corrected chi connectivity index (χ1v) is 9.40. The molecule has 2 aromatic carbocycles. The molecule has 8 nitrogen and oxygen atoms in total. The number of hydrogen-bond donors (Lipinski definition) is 0. The summed E-state index contributed by atoms with van der Waals surface area (Å²) in [5.74, 6) is 0.704. The van der Waals surface area contributed by atoms with Gasteiger partial charge in [0, 0.05) is 17.9 Å². The maximum atomic E-state index is 12.1. The minimum atomic E-state index is -0.512. The van der Waals surface area contributed by atoms with E-state index >= 15 is 0 Å². The summed E-state index contributed by atoms with van der Waals surface area (Å²) in [6.45, 7) is 2.15. The van der Waals surface area contributed by atoms with E-state index in [9.17, 15) is 14.9 Å². The first-order chi connectivity index (χ1) is 13.5. The molecular formula is C19H18N2O6S. The summed E-state index contributed by atoms with van der Waals surface area (Å²) < 4.78 is 15.7. The number of nitrogens with zero attached hydrogens (tertiary/aromatic N) is 2. The Morgan fingerprint density at radius 1 is 1.21 bits per heavy atom. The predicted molar refractivity (Wildman–Crippen MR) is 104 cm³/mol. The molecule has 2 rings (SSSR count). The van der Waals surface area contributed by atoms with Gasteiger partial charge in [0.25, 0.3) is 0 Å². The number of methoxy groups -OCH3 is 1. The van der Waals surface area contributed by atoms with E-state index < -0.39 is 10.9 Å². The Balaban J connectivity index is 1.96. The number of esters is 1. The van der Waals surface area contributed by atoms with Crippen LogP contribution in [0.5, 0.6) is 17.2 Å². The van der Waals surface area contributed by atoms with E-state index in [1.165, 1.54) is 49.2 Å². The smallest absolute Gasteiger partial charge is 0.321 e. The quantitative estimate of drug-likeness (QED) is 0.270. The molecule has 0 spiro atoms. The first-order valence-electron chi connectivity index (χ1n) is 8.25. The van der Waals surface area contributed by atoms with Gasteiger partial charge in [-0.25, -0.2) is 0 Å². The normalized spacial score (nSPS) is 10.0. The SMILES string of the molecule is CCOc1cc(C#N)ccc1OC(=O)CSCc1ccc(OC)c([N+](=O)[O-])c1. The second kappa shape index (κ2) is 10.2. The molecule has 0 saturated heterocycles. The van der Waals surface area contributed by atoms with Crippen molar-refractivity contribution < 1.29 is 23.9 Å². The van der Waals surface area contributed by atoms with Crippen LogP contribution in [0, 0.1) is 21.4 Å². The van der Waals surface area contributed by atoms with Crippen molar-refractivity contribution in [2.24, 2.45) is 0 Å². The van der Waals surface area contributed by atoms with Gasteiger partial charge in [0.05, 0.1) is 36.0 Å². The molecule has 0 aromatic heterocycles. The molecule has 0 fully saturated rings. The second-order valence-electron chi connectivity index (χ2n) is 5.44. The minimum absolute atomic E-state index is 0.0470. The number of hydrogen-bond acceptors (Lipinski definition) is 8. The highest BCUT2D eigenvalue weighted by atomic mass is 32.2. The van der Waals surface area contributed by atoms with Crippen LogP contribution >= 0.6 is 11.8 Å². The van der Waals surface area contributed by atoms with Crippen molar-refractivity contribution in [2.45, 2.75) is 12.7 Å². The van der Waals surface area contributed by atoms with Crippen LogP contribution in [-0.4, -0.2) is 30.4 Å². The van der Waals surface area contributed by atoms with Crippen LogP contribution in [0.2, 0.25) is 0 Å². The van der Waals surface area contributed by atoms with Crippen LogP contribution in [-0.2, 0) is 10.5 Å². The van der Waals surface area contributed by atoms with Crippen molar-refractivity contribution in [3.8, 4) is 23.3 Å². The number of ether oxygens (including phenoxy) is 3. The molecule has 0 unspecified atom stereocenters. The Morgan fingerprint density at radius 3 is 2.61 bits per heavy atom. The molecule has 146 valence electrons. The number of rotatable bonds is 9. The van der Waals surface area contributed by atoms with Gasteiger partial charge < -0.3 is 14.2 Å². The fraction of sp³-hybridized carbons (Fsp3) is 0.263. The van der Waals surface area contributed by atoms with E-state index in [0.29, 0.717) is 29.2 Å². The summed E-state index contributed by atoms with van der Waals surface area (Å²) in [5.41, 5.74) is 0.972. The van der Waals surface area contributed by atoms with Gasteiger partial charge in [-0.2, -0.15) is 5.26 Å². The van der Waals surface area contributed by atoms with Gasteiger partial charge >= 0.3 is 11.7 Å². The fourth-order valence-corrected chi connectivity index (χ4v) is 3.05. The zero-order chi connectivity index (χ0) is 20.5. The lowest BCUT2D eigenvalue weighted by molar-refractivity contribution is -0.385. The molecule has 0 bridgehead atoms. The van der Waals surface area contributed by atoms with E-state index in [4.69, 9.17) is 19.5 Å². The summed E-state index contributed by atoms with van der Waals surface area (Å²) in [5, 5.41) is 20.0. The maximum absolute atomic E-state index is 12.1. The van der Waals surface area contributed by atoms with Gasteiger partial charge in [0.15, 0.2) is 17.2 Å². The molecule has 0 saturated carbocycles. The third-order valence-electron chi connectivity index (χ3n) is 3.53. The average molecular weight is 402 g/mol. The van der Waals surface area contributed by atoms with E-state index in [0.717, 1.165) is 0 Å². The number of nitriles is 1. The molecule has 28 heavy (non-hydrogen) atoms. The highest BCUT2D eigenvalue weighted by Gasteiger charge is 2.16. The molecular weight excluding hydrogens is 384 g/mol. The van der Waals surface area contributed by atoms with Gasteiger partial charge in [0.1, 0.15) is 0 Å². The lowest BCUT2D eigenvalue weighted by Gasteiger charge is -2.11. The highest BCUT2D eigenvalue weighted by molar-refractivity contribution is 7.99. The number of thioether (sulfide) groups is 1. The van der Waals surface area contributed by atoms with Crippen LogP contribution in [0.1, 0.15) is 18.1 Å². The minimum Gasteiger partial charge on any atom is -0.490 e. The summed E-state index contributed by atoms with van der Waals surface area (Å²) >= 11 is 1.26. The van der Waals surface area contributed by atoms with Crippen molar-refractivity contribution in [3.63, 3.8) is 0 Å². The number of benzene rings is 2. The Labute approximate surface area is 166 Å². The second-order valence-corrected chi connectivity index (χ2v) is 6.42. The molecule has 2 aromatic rings. The molecule has 0 radical (unpaired) electrons. The number of nitro groups is 1. The monoisotopic (exact) mass is 402 g/mol. The zero-order valence-corrected chi connectivity index (χ0v) is 16.2. The molecule has 0 heterocycles. The Hall–Kier alpha value is -3.25. The van der Waals surface area contributed by atoms with E-state index in [1.54, 1.807) is 13.0 Å². The van der Waals surface area contributed by atoms with E-state index in [-0.39, 0.29) is 22.9 Å². The van der Waals surface area contributed by atoms with Crippen molar-refractivity contribution in [2.75, 3.05) is 19.5 Å². The third kappa shape index (κ3) is 5.62. The summed E-state index contributed by atoms with van der Waals surface area (Å²) in [7, 11) is 1.37. The van der Waals surface area contributed by atoms with Crippen LogP contribution in [0.4, 0.5) is 5.69 Å². The molecule has 0 N–H and O–H groups in total. The highest BCUT2D eigenvalue weighted by Crippen LogP contribution is 2.30. The predicted octanol–water partition coefficient (Wildman–Crippen LogP) is 3.71.